The van der Waals surface area contributed by atoms with Crippen LogP contribution in [0.25, 0.3) is 0 Å². The van der Waals surface area contributed by atoms with Gasteiger partial charge in [-0.3, -0.25) is 9.78 Å². The smallest absolute Gasteiger partial charge is 0.245 e. The van der Waals surface area contributed by atoms with Crippen molar-refractivity contribution in [2.75, 3.05) is 23.3 Å². The average Bonchev–Trinajstić information content (AvgIpc) is 2.55. The van der Waals surface area contributed by atoms with Crippen molar-refractivity contribution >= 4 is 27.4 Å². The summed E-state index contributed by atoms with van der Waals surface area (Å²) in [6, 6.07) is 4.78. The molecule has 0 atom stereocenters. The molecule has 126 valence electrons. The number of benzene rings is 1. The lowest BCUT2D eigenvalue weighted by Crippen LogP contribution is -2.37. The minimum atomic E-state index is -3.78. The minimum Gasteiger partial charge on any atom is -0.362 e. The molecule has 0 fully saturated rings. The topological polar surface area (TPSA) is 118 Å². The number of rotatable bonds is 4. The Morgan fingerprint density at radius 2 is 2.17 bits per heavy atom. The van der Waals surface area contributed by atoms with E-state index >= 15 is 0 Å². The SMILES string of the molecule is NS(=O)(=O)c1ccc2c(c1)N(CC(=O)Nc1cnccn1)CCC2. The van der Waals surface area contributed by atoms with Crippen LogP contribution in [0.2, 0.25) is 0 Å². The quantitative estimate of drug-likeness (QED) is 0.832. The summed E-state index contributed by atoms with van der Waals surface area (Å²) in [5.74, 6) is 0.127. The first-order valence-electron chi connectivity index (χ1n) is 7.40. The van der Waals surface area contributed by atoms with Gasteiger partial charge in [-0.2, -0.15) is 0 Å². The van der Waals surface area contributed by atoms with E-state index in [9.17, 15) is 13.2 Å². The second kappa shape index (κ2) is 6.54. The van der Waals surface area contributed by atoms with Gasteiger partial charge in [-0.1, -0.05) is 6.07 Å². The molecule has 1 amide bonds. The first-order chi connectivity index (χ1) is 11.4. The van der Waals surface area contributed by atoms with Crippen LogP contribution in [0.4, 0.5) is 11.5 Å². The molecule has 1 aromatic heterocycles. The number of anilines is 2. The summed E-state index contributed by atoms with van der Waals surface area (Å²) >= 11 is 0. The van der Waals surface area contributed by atoms with Crippen LogP contribution in [0.5, 0.6) is 0 Å². The Labute approximate surface area is 139 Å². The predicted octanol–water partition coefficient (Wildman–Crippen LogP) is 0.515. The van der Waals surface area contributed by atoms with E-state index in [1.807, 2.05) is 4.90 Å². The third kappa shape index (κ3) is 3.69. The molecule has 1 aromatic carbocycles. The number of hydrogen-bond acceptors (Lipinski definition) is 6. The summed E-state index contributed by atoms with van der Waals surface area (Å²) in [6.07, 6.45) is 6.19. The second-order valence-electron chi connectivity index (χ2n) is 5.50. The molecule has 0 bridgehead atoms. The molecule has 1 aliphatic heterocycles. The highest BCUT2D eigenvalue weighted by molar-refractivity contribution is 7.89. The van der Waals surface area contributed by atoms with Crippen LogP contribution in [0.3, 0.4) is 0 Å². The highest BCUT2D eigenvalue weighted by Gasteiger charge is 2.21. The van der Waals surface area contributed by atoms with E-state index < -0.39 is 10.0 Å². The fourth-order valence-electron chi connectivity index (χ4n) is 2.69. The number of fused-ring (bicyclic) bond motifs is 1. The Morgan fingerprint density at radius 1 is 1.33 bits per heavy atom. The van der Waals surface area contributed by atoms with Crippen LogP contribution >= 0.6 is 0 Å². The number of nitrogens with zero attached hydrogens (tertiary/aromatic N) is 3. The molecule has 0 aliphatic carbocycles. The van der Waals surface area contributed by atoms with Crippen LogP contribution in [-0.4, -0.2) is 37.4 Å². The molecule has 3 rings (SSSR count). The van der Waals surface area contributed by atoms with Gasteiger partial charge in [0.15, 0.2) is 5.82 Å². The summed E-state index contributed by atoms with van der Waals surface area (Å²) in [5, 5.41) is 7.87. The lowest BCUT2D eigenvalue weighted by molar-refractivity contribution is -0.115. The van der Waals surface area contributed by atoms with E-state index in [-0.39, 0.29) is 17.3 Å². The molecule has 2 aromatic rings. The second-order valence-corrected chi connectivity index (χ2v) is 7.06. The molecule has 24 heavy (non-hydrogen) atoms. The molecule has 9 heteroatoms. The predicted molar refractivity (Wildman–Crippen MR) is 89.0 cm³/mol. The first-order valence-corrected chi connectivity index (χ1v) is 8.95. The van der Waals surface area contributed by atoms with E-state index in [0.29, 0.717) is 12.4 Å². The maximum Gasteiger partial charge on any atom is 0.245 e. The van der Waals surface area contributed by atoms with Crippen molar-refractivity contribution in [3.63, 3.8) is 0 Å². The third-order valence-electron chi connectivity index (χ3n) is 3.77. The first kappa shape index (κ1) is 16.3. The van der Waals surface area contributed by atoms with Crippen molar-refractivity contribution in [1.29, 1.82) is 0 Å². The van der Waals surface area contributed by atoms with Gasteiger partial charge in [0, 0.05) is 24.6 Å². The van der Waals surface area contributed by atoms with E-state index in [0.717, 1.165) is 24.1 Å². The monoisotopic (exact) mass is 347 g/mol. The molecular formula is C15H17N5O3S. The van der Waals surface area contributed by atoms with Crippen molar-refractivity contribution in [1.82, 2.24) is 9.97 Å². The van der Waals surface area contributed by atoms with Gasteiger partial charge in [-0.25, -0.2) is 18.5 Å². The molecule has 1 aliphatic rings. The average molecular weight is 347 g/mol. The van der Waals surface area contributed by atoms with Crippen LogP contribution in [0, 0.1) is 0 Å². The lowest BCUT2D eigenvalue weighted by atomic mass is 10.0. The van der Waals surface area contributed by atoms with Crippen molar-refractivity contribution in [3.8, 4) is 0 Å². The largest absolute Gasteiger partial charge is 0.362 e. The number of aryl methyl sites for hydroxylation is 1. The van der Waals surface area contributed by atoms with Crippen LogP contribution in [0.1, 0.15) is 12.0 Å². The normalized spacial score (nSPS) is 14.1. The molecule has 0 unspecified atom stereocenters. The highest BCUT2D eigenvalue weighted by atomic mass is 32.2. The van der Waals surface area contributed by atoms with Crippen molar-refractivity contribution in [2.24, 2.45) is 5.14 Å². The Kier molecular flexibility index (Phi) is 4.45. The standard InChI is InChI=1S/C15H17N5O3S/c16-24(22,23)12-4-3-11-2-1-7-20(13(11)8-12)10-15(21)19-14-9-17-5-6-18-14/h3-6,8-9H,1-2,7,10H2,(H2,16,22,23)(H,18,19,21). The Morgan fingerprint density at radius 3 is 2.88 bits per heavy atom. The zero-order valence-corrected chi connectivity index (χ0v) is 13.7. The Bertz CT molecular complexity index is 855. The van der Waals surface area contributed by atoms with Crippen molar-refractivity contribution in [3.05, 3.63) is 42.4 Å². The number of nitrogens with two attached hydrogens (primary N) is 1. The van der Waals surface area contributed by atoms with E-state index in [2.05, 4.69) is 15.3 Å². The fourth-order valence-corrected chi connectivity index (χ4v) is 3.22. The van der Waals surface area contributed by atoms with Gasteiger partial charge in [-0.05, 0) is 30.5 Å². The van der Waals surface area contributed by atoms with E-state index in [1.165, 1.54) is 30.7 Å². The van der Waals surface area contributed by atoms with Crippen LogP contribution < -0.4 is 15.4 Å². The number of nitrogens with one attached hydrogen (secondary N) is 1. The minimum absolute atomic E-state index is 0.0440. The molecule has 0 radical (unpaired) electrons. The summed E-state index contributed by atoms with van der Waals surface area (Å²) < 4.78 is 23.1. The summed E-state index contributed by atoms with van der Waals surface area (Å²) in [7, 11) is -3.78. The molecule has 0 spiro atoms. The maximum atomic E-state index is 12.2. The third-order valence-corrected chi connectivity index (χ3v) is 4.68. The van der Waals surface area contributed by atoms with E-state index in [1.54, 1.807) is 6.07 Å². The zero-order valence-electron chi connectivity index (χ0n) is 12.8. The van der Waals surface area contributed by atoms with Gasteiger partial charge in [0.05, 0.1) is 17.6 Å². The Balaban J connectivity index is 1.80. The number of amides is 1. The Hall–Kier alpha value is -2.52. The van der Waals surface area contributed by atoms with Gasteiger partial charge in [0.25, 0.3) is 0 Å². The van der Waals surface area contributed by atoms with Gasteiger partial charge in [0.1, 0.15) is 0 Å². The van der Waals surface area contributed by atoms with Crippen LogP contribution in [-0.2, 0) is 21.2 Å². The molecule has 0 saturated carbocycles. The maximum absolute atomic E-state index is 12.2. The molecule has 0 saturated heterocycles. The van der Waals surface area contributed by atoms with Crippen molar-refractivity contribution in [2.45, 2.75) is 17.7 Å². The molecule has 3 N–H and O–H groups in total. The molecule has 2 heterocycles. The van der Waals surface area contributed by atoms with Gasteiger partial charge in [0.2, 0.25) is 15.9 Å². The van der Waals surface area contributed by atoms with Gasteiger partial charge >= 0.3 is 0 Å². The summed E-state index contributed by atoms with van der Waals surface area (Å²) in [4.78, 5) is 22.0. The number of sulfonamides is 1. The number of carbonyl (C=O) groups is 1. The summed E-state index contributed by atoms with van der Waals surface area (Å²) in [6.45, 7) is 0.757. The number of carbonyl (C=O) groups excluding carboxylic acids is 1. The van der Waals surface area contributed by atoms with E-state index in [4.69, 9.17) is 5.14 Å². The fraction of sp³-hybridized carbons (Fsp3) is 0.267. The summed E-state index contributed by atoms with van der Waals surface area (Å²) in [5.41, 5.74) is 1.73. The van der Waals surface area contributed by atoms with Crippen LogP contribution in [0.15, 0.2) is 41.7 Å². The molecular weight excluding hydrogens is 330 g/mol. The van der Waals surface area contributed by atoms with Gasteiger partial charge in [-0.15, -0.1) is 0 Å². The van der Waals surface area contributed by atoms with Gasteiger partial charge < -0.3 is 10.2 Å². The highest BCUT2D eigenvalue weighted by Crippen LogP contribution is 2.29. The number of primary sulfonamides is 1. The number of aromatic nitrogens is 2. The zero-order chi connectivity index (χ0) is 17.2. The number of hydrogen-bond donors (Lipinski definition) is 2. The molecule has 8 nitrogen and oxygen atoms in total. The van der Waals surface area contributed by atoms with Crippen molar-refractivity contribution < 1.29 is 13.2 Å². The lowest BCUT2D eigenvalue weighted by Gasteiger charge is -2.31.